The van der Waals surface area contributed by atoms with E-state index in [2.05, 4.69) is 4.98 Å². The number of aromatic nitrogens is 2. The van der Waals surface area contributed by atoms with E-state index in [-0.39, 0.29) is 35.1 Å². The Labute approximate surface area is 142 Å². The topological polar surface area (TPSA) is 54.1 Å². The van der Waals surface area contributed by atoms with Crippen LogP contribution in [0.2, 0.25) is 0 Å². The second-order valence-corrected chi connectivity index (χ2v) is 5.48. The number of phenolic OH excluding ortho intramolecular Hbond substituents is 1. The number of rotatable bonds is 4. The van der Waals surface area contributed by atoms with E-state index in [1.165, 1.54) is 6.07 Å². The van der Waals surface area contributed by atoms with Gasteiger partial charge in [-0.25, -0.2) is 4.57 Å². The minimum atomic E-state index is -0.149. The number of benzene rings is 1. The maximum absolute atomic E-state index is 12.1. The van der Waals surface area contributed by atoms with Gasteiger partial charge in [0.1, 0.15) is 5.75 Å². The summed E-state index contributed by atoms with van der Waals surface area (Å²) in [7, 11) is 0. The quantitative estimate of drug-likeness (QED) is 0.502. The lowest BCUT2D eigenvalue weighted by Gasteiger charge is -2.02. The SMILES string of the molecule is O=C(C[n+]1ccc(-c2cccs2)nc1)c1ccccc1O.[Br-]. The molecule has 0 spiro atoms. The minimum absolute atomic E-state index is 0. The van der Waals surface area contributed by atoms with Gasteiger partial charge in [-0.2, -0.15) is 0 Å². The van der Waals surface area contributed by atoms with Crippen molar-refractivity contribution in [2.45, 2.75) is 6.54 Å². The van der Waals surface area contributed by atoms with Gasteiger partial charge >= 0.3 is 0 Å². The van der Waals surface area contributed by atoms with Crippen LogP contribution in [0.4, 0.5) is 0 Å². The molecule has 3 rings (SSSR count). The summed E-state index contributed by atoms with van der Waals surface area (Å²) in [6.45, 7) is 0.148. The predicted molar refractivity (Wildman–Crippen MR) is 80.2 cm³/mol. The Bertz CT molecular complexity index is 758. The van der Waals surface area contributed by atoms with E-state index in [4.69, 9.17) is 0 Å². The number of thiophene rings is 1. The Kier molecular flexibility index (Phi) is 5.41. The number of ketones is 1. The van der Waals surface area contributed by atoms with E-state index in [1.54, 1.807) is 40.4 Å². The summed E-state index contributed by atoms with van der Waals surface area (Å²) < 4.78 is 1.70. The molecular formula is C16H13BrN2O2S. The third-order valence-electron chi connectivity index (χ3n) is 3.07. The standard InChI is InChI=1S/C16H12N2O2S.BrH/c19-14-5-2-1-4-12(14)15(20)10-18-8-7-13(17-11-18)16-6-3-9-21-16;/h1-9,11H,10H2;1H. The second kappa shape index (κ2) is 7.29. The summed E-state index contributed by atoms with van der Waals surface area (Å²) in [6.07, 6.45) is 3.45. The number of phenols is 1. The Morgan fingerprint density at radius 1 is 1.18 bits per heavy atom. The van der Waals surface area contributed by atoms with E-state index in [9.17, 15) is 9.90 Å². The first-order valence-corrected chi connectivity index (χ1v) is 7.32. The number of hydrogen-bond acceptors (Lipinski definition) is 4. The van der Waals surface area contributed by atoms with Crippen molar-refractivity contribution in [1.29, 1.82) is 0 Å². The fourth-order valence-electron chi connectivity index (χ4n) is 2.01. The lowest BCUT2D eigenvalue weighted by molar-refractivity contribution is -0.686. The molecule has 0 atom stereocenters. The zero-order valence-corrected chi connectivity index (χ0v) is 13.9. The average molecular weight is 377 g/mol. The van der Waals surface area contributed by atoms with E-state index in [1.807, 2.05) is 29.8 Å². The largest absolute Gasteiger partial charge is 1.00 e. The zero-order valence-electron chi connectivity index (χ0n) is 11.5. The van der Waals surface area contributed by atoms with Crippen molar-refractivity contribution < 1.29 is 31.4 Å². The summed E-state index contributed by atoms with van der Waals surface area (Å²) in [5, 5.41) is 11.7. The van der Waals surface area contributed by atoms with E-state index in [0.717, 1.165) is 10.6 Å². The third-order valence-corrected chi connectivity index (χ3v) is 3.97. The summed E-state index contributed by atoms with van der Waals surface area (Å²) in [5.74, 6) is -0.143. The van der Waals surface area contributed by atoms with Crippen LogP contribution in [-0.2, 0) is 6.54 Å². The summed E-state index contributed by atoms with van der Waals surface area (Å²) in [4.78, 5) is 17.6. The number of aromatic hydroxyl groups is 1. The Balaban J connectivity index is 0.00000176. The highest BCUT2D eigenvalue weighted by Gasteiger charge is 2.14. The molecule has 0 aliphatic rings. The number of carbonyl (C=O) groups is 1. The molecule has 1 N–H and O–H groups in total. The van der Waals surface area contributed by atoms with Crippen LogP contribution < -0.4 is 21.5 Å². The lowest BCUT2D eigenvalue weighted by atomic mass is 10.1. The van der Waals surface area contributed by atoms with Crippen molar-refractivity contribution in [3.63, 3.8) is 0 Å². The van der Waals surface area contributed by atoms with Crippen LogP contribution in [0.25, 0.3) is 10.6 Å². The fourth-order valence-corrected chi connectivity index (χ4v) is 2.71. The molecule has 0 saturated carbocycles. The van der Waals surface area contributed by atoms with Crippen molar-refractivity contribution in [2.24, 2.45) is 0 Å². The highest BCUT2D eigenvalue weighted by molar-refractivity contribution is 7.13. The van der Waals surface area contributed by atoms with E-state index in [0.29, 0.717) is 5.56 Å². The first-order chi connectivity index (χ1) is 10.2. The van der Waals surface area contributed by atoms with Crippen molar-refractivity contribution in [2.75, 3.05) is 0 Å². The van der Waals surface area contributed by atoms with Crippen LogP contribution in [0.15, 0.2) is 60.4 Å². The first kappa shape index (κ1) is 16.3. The molecule has 0 amide bonds. The number of hydrogen-bond donors (Lipinski definition) is 1. The molecule has 1 aromatic carbocycles. The van der Waals surface area contributed by atoms with Crippen molar-refractivity contribution in [3.8, 4) is 16.3 Å². The number of carbonyl (C=O) groups excluding carboxylic acids is 1. The van der Waals surface area contributed by atoms with Gasteiger partial charge in [-0.15, -0.1) is 11.3 Å². The van der Waals surface area contributed by atoms with Gasteiger partial charge in [-0.1, -0.05) is 18.2 Å². The smallest absolute Gasteiger partial charge is 0.287 e. The summed E-state index contributed by atoms with van der Waals surface area (Å²) in [6, 6.07) is 12.4. The Hall–Kier alpha value is -2.05. The molecule has 0 unspecified atom stereocenters. The highest BCUT2D eigenvalue weighted by atomic mass is 79.9. The molecule has 0 bridgehead atoms. The van der Waals surface area contributed by atoms with Gasteiger partial charge in [0.15, 0.2) is 12.2 Å². The molecule has 6 heteroatoms. The van der Waals surface area contributed by atoms with Gasteiger partial charge in [0.2, 0.25) is 5.78 Å². The number of Topliss-reactive ketones (excluding diaryl/α,β-unsaturated/α-hetero) is 1. The van der Waals surface area contributed by atoms with Crippen LogP contribution in [0.1, 0.15) is 10.4 Å². The number of halogens is 1. The Morgan fingerprint density at radius 3 is 2.64 bits per heavy atom. The first-order valence-electron chi connectivity index (χ1n) is 6.44. The monoisotopic (exact) mass is 376 g/mol. The molecule has 4 nitrogen and oxygen atoms in total. The third kappa shape index (κ3) is 3.58. The van der Waals surface area contributed by atoms with Crippen molar-refractivity contribution in [3.05, 3.63) is 65.9 Å². The normalized spacial score (nSPS) is 10.0. The highest BCUT2D eigenvalue weighted by Crippen LogP contribution is 2.21. The molecule has 3 aromatic rings. The molecule has 2 heterocycles. The van der Waals surface area contributed by atoms with Crippen LogP contribution in [0.3, 0.4) is 0 Å². The molecule has 112 valence electrons. The van der Waals surface area contributed by atoms with Crippen molar-refractivity contribution in [1.82, 2.24) is 4.98 Å². The molecule has 0 fully saturated rings. The van der Waals surface area contributed by atoms with E-state index >= 15 is 0 Å². The minimum Gasteiger partial charge on any atom is -1.00 e. The maximum Gasteiger partial charge on any atom is 0.287 e. The van der Waals surface area contributed by atoms with Crippen molar-refractivity contribution >= 4 is 17.1 Å². The summed E-state index contributed by atoms with van der Waals surface area (Å²) in [5.41, 5.74) is 1.21. The van der Waals surface area contributed by atoms with Gasteiger partial charge in [0.05, 0.1) is 16.6 Å². The molecule has 0 saturated heterocycles. The molecular weight excluding hydrogens is 364 g/mol. The van der Waals surface area contributed by atoms with Gasteiger partial charge in [0, 0.05) is 6.07 Å². The van der Waals surface area contributed by atoms with Crippen LogP contribution in [0.5, 0.6) is 5.75 Å². The fraction of sp³-hybridized carbons (Fsp3) is 0.0625. The average Bonchev–Trinajstić information content (AvgIpc) is 3.02. The molecule has 0 aliphatic carbocycles. The van der Waals surface area contributed by atoms with Gasteiger partial charge < -0.3 is 22.1 Å². The van der Waals surface area contributed by atoms with Crippen LogP contribution in [0, 0.1) is 0 Å². The summed E-state index contributed by atoms with van der Waals surface area (Å²) >= 11 is 1.62. The molecule has 0 aliphatic heterocycles. The van der Waals surface area contributed by atoms with Gasteiger partial charge in [0.25, 0.3) is 6.33 Å². The number of para-hydroxylation sites is 1. The zero-order chi connectivity index (χ0) is 14.7. The van der Waals surface area contributed by atoms with Crippen LogP contribution in [-0.4, -0.2) is 15.9 Å². The molecule has 2 aromatic heterocycles. The number of nitrogens with zero attached hydrogens (tertiary/aromatic N) is 2. The second-order valence-electron chi connectivity index (χ2n) is 4.54. The van der Waals surface area contributed by atoms with Gasteiger partial charge in [-0.05, 0) is 28.6 Å². The molecule has 0 radical (unpaired) electrons. The maximum atomic E-state index is 12.1. The lowest BCUT2D eigenvalue weighted by Crippen LogP contribution is -3.00. The van der Waals surface area contributed by atoms with E-state index < -0.39 is 0 Å². The van der Waals surface area contributed by atoms with Crippen LogP contribution >= 0.6 is 11.3 Å². The van der Waals surface area contributed by atoms with Gasteiger partial charge in [-0.3, -0.25) is 4.79 Å². The molecule has 22 heavy (non-hydrogen) atoms. The Morgan fingerprint density at radius 2 is 2.00 bits per heavy atom. The predicted octanol–water partition coefficient (Wildman–Crippen LogP) is -0.310.